The van der Waals surface area contributed by atoms with Crippen molar-refractivity contribution in [2.24, 2.45) is 0 Å². The van der Waals surface area contributed by atoms with Gasteiger partial charge in [-0.25, -0.2) is 14.0 Å². The molecule has 208 valence electrons. The zero-order valence-electron chi connectivity index (χ0n) is 23.8. The van der Waals surface area contributed by atoms with Gasteiger partial charge in [0.15, 0.2) is 0 Å². The molecule has 7 nitrogen and oxygen atoms in total. The van der Waals surface area contributed by atoms with Gasteiger partial charge in [-0.1, -0.05) is 12.1 Å². The Balaban J connectivity index is 1.74. The van der Waals surface area contributed by atoms with Crippen LogP contribution in [0.25, 0.3) is 0 Å². The molecule has 1 saturated heterocycles. The lowest BCUT2D eigenvalue weighted by molar-refractivity contribution is -0.00306. The highest BCUT2D eigenvalue weighted by molar-refractivity contribution is 5.89. The number of hydrogen-bond acceptors (Lipinski definition) is 6. The van der Waals surface area contributed by atoms with Gasteiger partial charge in [0.05, 0.1) is 5.56 Å². The summed E-state index contributed by atoms with van der Waals surface area (Å²) in [6.07, 6.45) is -0.777. The lowest BCUT2D eigenvalue weighted by atomic mass is 10.0. The first-order chi connectivity index (χ1) is 17.6. The Hall–Kier alpha value is -3.13. The van der Waals surface area contributed by atoms with Gasteiger partial charge in [0.25, 0.3) is 0 Å². The number of carbonyl (C=O) groups is 2. The fraction of sp³-hybridized carbons (Fsp3) is 0.533. The smallest absolute Gasteiger partial charge is 0.410 e. The number of hydrogen-bond donors (Lipinski definition) is 0. The third-order valence-corrected chi connectivity index (χ3v) is 6.10. The number of nitrogens with zero attached hydrogens (tertiary/aromatic N) is 2. The Morgan fingerprint density at radius 1 is 0.974 bits per heavy atom. The zero-order chi connectivity index (χ0) is 28.3. The first kappa shape index (κ1) is 29.4. The van der Waals surface area contributed by atoms with Gasteiger partial charge in [-0.05, 0) is 96.8 Å². The highest BCUT2D eigenvalue weighted by atomic mass is 19.1. The largest absolute Gasteiger partial charge is 0.484 e. The second kappa shape index (κ2) is 11.7. The average Bonchev–Trinajstić information content (AvgIpc) is 2.78. The van der Waals surface area contributed by atoms with Gasteiger partial charge in [-0.3, -0.25) is 4.90 Å². The maximum Gasteiger partial charge on any atom is 0.410 e. The van der Waals surface area contributed by atoms with Crippen molar-refractivity contribution in [3.8, 4) is 5.75 Å². The molecular weight excluding hydrogens is 487 g/mol. The summed E-state index contributed by atoms with van der Waals surface area (Å²) in [4.78, 5) is 29.0. The summed E-state index contributed by atoms with van der Waals surface area (Å²) in [5.74, 6) is -0.138. The quantitative estimate of drug-likeness (QED) is 0.419. The Morgan fingerprint density at radius 3 is 2.16 bits per heavy atom. The molecule has 1 heterocycles. The van der Waals surface area contributed by atoms with Crippen molar-refractivity contribution in [1.82, 2.24) is 9.80 Å². The maximum atomic E-state index is 14.5. The molecule has 1 amide bonds. The molecule has 8 heteroatoms. The number of carbonyl (C=O) groups excluding carboxylic acids is 2. The van der Waals surface area contributed by atoms with Gasteiger partial charge < -0.3 is 19.1 Å². The number of amides is 1. The van der Waals surface area contributed by atoms with E-state index in [1.165, 1.54) is 6.07 Å². The van der Waals surface area contributed by atoms with E-state index in [1.54, 1.807) is 42.2 Å². The van der Waals surface area contributed by atoms with Crippen LogP contribution < -0.4 is 4.74 Å². The highest BCUT2D eigenvalue weighted by Gasteiger charge is 2.32. The van der Waals surface area contributed by atoms with E-state index in [9.17, 15) is 14.0 Å². The van der Waals surface area contributed by atoms with Crippen LogP contribution in [-0.4, -0.2) is 65.3 Å². The van der Waals surface area contributed by atoms with Gasteiger partial charge >= 0.3 is 12.1 Å². The molecule has 0 radical (unpaired) electrons. The molecule has 0 saturated carbocycles. The molecule has 2 aromatic rings. The fourth-order valence-electron chi connectivity index (χ4n) is 4.22. The van der Waals surface area contributed by atoms with Crippen molar-refractivity contribution < 1.29 is 28.2 Å². The first-order valence-corrected chi connectivity index (χ1v) is 13.1. The van der Waals surface area contributed by atoms with E-state index in [-0.39, 0.29) is 18.0 Å². The van der Waals surface area contributed by atoms with E-state index >= 15 is 0 Å². The zero-order valence-corrected chi connectivity index (χ0v) is 23.8. The molecule has 1 aliphatic heterocycles. The Labute approximate surface area is 225 Å². The van der Waals surface area contributed by atoms with E-state index in [4.69, 9.17) is 14.2 Å². The number of rotatable bonds is 6. The number of esters is 1. The fourth-order valence-corrected chi connectivity index (χ4v) is 4.22. The van der Waals surface area contributed by atoms with Crippen LogP contribution in [0.4, 0.5) is 9.18 Å². The minimum absolute atomic E-state index is 0.0536. The highest BCUT2D eigenvalue weighted by Crippen LogP contribution is 2.27. The predicted octanol–water partition coefficient (Wildman–Crippen LogP) is 6.15. The molecular formula is C30H41FN2O5. The van der Waals surface area contributed by atoms with Crippen LogP contribution in [0.5, 0.6) is 5.75 Å². The molecule has 2 atom stereocenters. The van der Waals surface area contributed by atoms with Crippen molar-refractivity contribution >= 4 is 12.1 Å². The molecule has 1 fully saturated rings. The summed E-state index contributed by atoms with van der Waals surface area (Å²) in [6.45, 7) is 17.0. The molecule has 0 spiro atoms. The SMILES string of the molecule is Cc1ccc(C(CN2CCN(C(=O)OC(C)(C)C)[C@H](C)C2)Oc2ccc(C(=O)OC(C)(C)C)cc2)cc1F. The van der Waals surface area contributed by atoms with Gasteiger partial charge in [0.2, 0.25) is 0 Å². The van der Waals surface area contributed by atoms with Crippen LogP contribution in [0, 0.1) is 12.7 Å². The number of aryl methyl sites for hydroxylation is 1. The third kappa shape index (κ3) is 8.45. The van der Waals surface area contributed by atoms with Crippen molar-refractivity contribution in [2.75, 3.05) is 26.2 Å². The summed E-state index contributed by atoms with van der Waals surface area (Å²) < 4.78 is 31.8. The molecule has 0 aromatic heterocycles. The van der Waals surface area contributed by atoms with Gasteiger partial charge in [-0.15, -0.1) is 0 Å². The molecule has 1 aliphatic rings. The van der Waals surface area contributed by atoms with E-state index in [0.29, 0.717) is 48.6 Å². The molecule has 1 unspecified atom stereocenters. The standard InChI is InChI=1S/C30H41FN2O5/c1-20-9-10-23(17-25(20)31)26(36-24-13-11-22(12-14-24)27(34)37-29(3,4)5)19-32-15-16-33(21(2)18-32)28(35)38-30(6,7)8/h9-14,17,21,26H,15-16,18-19H2,1-8H3/t21-,26?/m1/s1. The Morgan fingerprint density at radius 2 is 1.61 bits per heavy atom. The Kier molecular flexibility index (Phi) is 9.08. The lowest BCUT2D eigenvalue weighted by Gasteiger charge is -2.41. The lowest BCUT2D eigenvalue weighted by Crippen LogP contribution is -2.55. The van der Waals surface area contributed by atoms with Crippen LogP contribution in [0.2, 0.25) is 0 Å². The summed E-state index contributed by atoms with van der Waals surface area (Å²) in [7, 11) is 0. The van der Waals surface area contributed by atoms with Gasteiger partial charge in [0.1, 0.15) is 28.9 Å². The second-order valence-electron chi connectivity index (χ2n) is 11.9. The normalized spacial score (nSPS) is 17.6. The third-order valence-electron chi connectivity index (χ3n) is 6.10. The van der Waals surface area contributed by atoms with Crippen molar-refractivity contribution in [3.05, 3.63) is 65.0 Å². The number of benzene rings is 2. The minimum Gasteiger partial charge on any atom is -0.484 e. The first-order valence-electron chi connectivity index (χ1n) is 13.1. The summed E-state index contributed by atoms with van der Waals surface area (Å²) in [6, 6.07) is 11.8. The molecule has 38 heavy (non-hydrogen) atoms. The second-order valence-corrected chi connectivity index (χ2v) is 11.9. The van der Waals surface area contributed by atoms with Gasteiger partial charge in [-0.2, -0.15) is 0 Å². The maximum absolute atomic E-state index is 14.5. The van der Waals surface area contributed by atoms with Crippen molar-refractivity contribution in [1.29, 1.82) is 0 Å². The summed E-state index contributed by atoms with van der Waals surface area (Å²) >= 11 is 0. The van der Waals surface area contributed by atoms with Gasteiger partial charge in [0, 0.05) is 32.2 Å². The summed E-state index contributed by atoms with van der Waals surface area (Å²) in [5, 5.41) is 0. The molecule has 0 aliphatic carbocycles. The Bertz CT molecular complexity index is 1120. The van der Waals surface area contributed by atoms with E-state index in [2.05, 4.69) is 4.90 Å². The predicted molar refractivity (Wildman–Crippen MR) is 145 cm³/mol. The number of piperazine rings is 1. The minimum atomic E-state index is -0.586. The topological polar surface area (TPSA) is 68.3 Å². The molecule has 2 aromatic carbocycles. The number of halogens is 1. The van der Waals surface area contributed by atoms with Crippen LogP contribution in [0.3, 0.4) is 0 Å². The van der Waals surface area contributed by atoms with Crippen LogP contribution >= 0.6 is 0 Å². The molecule has 3 rings (SSSR count). The van der Waals surface area contributed by atoms with E-state index in [1.807, 2.05) is 54.5 Å². The van der Waals surface area contributed by atoms with Crippen molar-refractivity contribution in [3.63, 3.8) is 0 Å². The average molecular weight is 529 g/mol. The summed E-state index contributed by atoms with van der Waals surface area (Å²) in [5.41, 5.74) is 0.566. The number of ether oxygens (including phenoxy) is 3. The van der Waals surface area contributed by atoms with Crippen LogP contribution in [0.1, 0.15) is 76.1 Å². The van der Waals surface area contributed by atoms with E-state index < -0.39 is 23.3 Å². The monoisotopic (exact) mass is 528 g/mol. The van der Waals surface area contributed by atoms with Crippen LogP contribution in [0.15, 0.2) is 42.5 Å². The molecule has 0 N–H and O–H groups in total. The van der Waals surface area contributed by atoms with Crippen molar-refractivity contribution in [2.45, 2.75) is 78.7 Å². The van der Waals surface area contributed by atoms with Crippen LogP contribution in [-0.2, 0) is 9.47 Å². The molecule has 0 bridgehead atoms. The van der Waals surface area contributed by atoms with E-state index in [0.717, 1.165) is 0 Å².